The highest BCUT2D eigenvalue weighted by Crippen LogP contribution is 2.34. The Kier molecular flexibility index (Phi) is 3.91. The largest absolute Gasteiger partial charge is 0.308 e. The first kappa shape index (κ1) is 14.8. The van der Waals surface area contributed by atoms with Gasteiger partial charge in [-0.1, -0.05) is 30.3 Å². The quantitative estimate of drug-likeness (QED) is 0.926. The van der Waals surface area contributed by atoms with Crippen LogP contribution in [0.5, 0.6) is 0 Å². The lowest BCUT2D eigenvalue weighted by atomic mass is 9.84. The van der Waals surface area contributed by atoms with Crippen LogP contribution in [-0.4, -0.2) is 23.5 Å². The van der Waals surface area contributed by atoms with E-state index in [1.54, 1.807) is 11.3 Å². The summed E-state index contributed by atoms with van der Waals surface area (Å²) in [5.74, 6) is 0. The van der Waals surface area contributed by atoms with Crippen LogP contribution in [0.4, 0.5) is 0 Å². The highest BCUT2D eigenvalue weighted by atomic mass is 32.1. The maximum atomic E-state index is 3.72. The third kappa shape index (κ3) is 3.05. The molecule has 3 rings (SSSR count). The van der Waals surface area contributed by atoms with E-state index in [0.717, 1.165) is 19.6 Å². The van der Waals surface area contributed by atoms with Crippen molar-refractivity contribution in [3.8, 4) is 0 Å². The molecular weight excluding hydrogens is 276 g/mol. The zero-order chi connectivity index (χ0) is 14.9. The molecule has 21 heavy (non-hydrogen) atoms. The van der Waals surface area contributed by atoms with Gasteiger partial charge in [-0.15, -0.1) is 0 Å². The summed E-state index contributed by atoms with van der Waals surface area (Å²) >= 11 is 1.78. The first-order chi connectivity index (χ1) is 10.00. The Morgan fingerprint density at radius 2 is 1.90 bits per heavy atom. The van der Waals surface area contributed by atoms with Crippen molar-refractivity contribution < 1.29 is 0 Å². The van der Waals surface area contributed by atoms with Gasteiger partial charge in [-0.3, -0.25) is 4.90 Å². The number of nitrogens with zero attached hydrogens (tertiary/aromatic N) is 1. The summed E-state index contributed by atoms with van der Waals surface area (Å²) in [5.41, 5.74) is 3.01. The third-order valence-corrected chi connectivity index (χ3v) is 5.28. The van der Waals surface area contributed by atoms with Crippen LogP contribution in [0.3, 0.4) is 0 Å². The molecule has 1 atom stereocenters. The van der Waals surface area contributed by atoms with E-state index in [0.29, 0.717) is 0 Å². The van der Waals surface area contributed by atoms with E-state index < -0.39 is 0 Å². The van der Waals surface area contributed by atoms with Crippen molar-refractivity contribution in [2.45, 2.75) is 38.4 Å². The molecule has 0 saturated carbocycles. The lowest BCUT2D eigenvalue weighted by Crippen LogP contribution is -2.65. The summed E-state index contributed by atoms with van der Waals surface area (Å²) in [6.07, 6.45) is 0. The van der Waals surface area contributed by atoms with Gasteiger partial charge >= 0.3 is 0 Å². The molecule has 0 aliphatic carbocycles. The van der Waals surface area contributed by atoms with Crippen molar-refractivity contribution in [1.82, 2.24) is 10.2 Å². The number of piperazine rings is 1. The fourth-order valence-electron chi connectivity index (χ4n) is 3.15. The van der Waals surface area contributed by atoms with Gasteiger partial charge in [0.1, 0.15) is 0 Å². The molecule has 2 aromatic rings. The zero-order valence-electron chi connectivity index (χ0n) is 13.1. The van der Waals surface area contributed by atoms with Crippen molar-refractivity contribution in [3.05, 3.63) is 58.3 Å². The van der Waals surface area contributed by atoms with Crippen molar-refractivity contribution in [3.63, 3.8) is 0 Å². The molecule has 1 saturated heterocycles. The summed E-state index contributed by atoms with van der Waals surface area (Å²) < 4.78 is 0. The van der Waals surface area contributed by atoms with E-state index in [-0.39, 0.29) is 11.1 Å². The highest BCUT2D eigenvalue weighted by molar-refractivity contribution is 7.07. The standard InChI is InChI=1S/C18H24N2S/c1-17(2)14-20(11-15-9-10-21-12-15)18(3,13-19-17)16-7-5-4-6-8-16/h4-10,12,19H,11,13-14H2,1-3H3. The molecule has 0 bridgehead atoms. The average Bonchev–Trinajstić information content (AvgIpc) is 2.97. The van der Waals surface area contributed by atoms with E-state index in [1.807, 2.05) is 0 Å². The number of hydrogen-bond donors (Lipinski definition) is 1. The monoisotopic (exact) mass is 300 g/mol. The van der Waals surface area contributed by atoms with Crippen molar-refractivity contribution in [1.29, 1.82) is 0 Å². The molecule has 1 aromatic carbocycles. The minimum absolute atomic E-state index is 0.0404. The lowest BCUT2D eigenvalue weighted by molar-refractivity contribution is 0.0173. The van der Waals surface area contributed by atoms with Crippen molar-refractivity contribution in [2.75, 3.05) is 13.1 Å². The van der Waals surface area contributed by atoms with Crippen LogP contribution >= 0.6 is 11.3 Å². The number of rotatable bonds is 3. The van der Waals surface area contributed by atoms with Crippen molar-refractivity contribution >= 4 is 11.3 Å². The van der Waals surface area contributed by atoms with E-state index in [2.05, 4.69) is 78.1 Å². The molecule has 0 radical (unpaired) electrons. The molecule has 1 N–H and O–H groups in total. The number of nitrogens with one attached hydrogen (secondary N) is 1. The smallest absolute Gasteiger partial charge is 0.0561 e. The van der Waals surface area contributed by atoms with Crippen LogP contribution in [0.2, 0.25) is 0 Å². The van der Waals surface area contributed by atoms with Gasteiger partial charge in [0, 0.05) is 25.2 Å². The van der Waals surface area contributed by atoms with Crippen LogP contribution in [-0.2, 0) is 12.1 Å². The summed E-state index contributed by atoms with van der Waals surface area (Å²) in [4.78, 5) is 2.63. The van der Waals surface area contributed by atoms with Crippen LogP contribution in [0.1, 0.15) is 31.9 Å². The van der Waals surface area contributed by atoms with E-state index in [9.17, 15) is 0 Å². The molecule has 3 heteroatoms. The fraction of sp³-hybridized carbons (Fsp3) is 0.444. The number of hydrogen-bond acceptors (Lipinski definition) is 3. The zero-order valence-corrected chi connectivity index (χ0v) is 13.9. The molecule has 2 nitrogen and oxygen atoms in total. The third-order valence-electron chi connectivity index (χ3n) is 4.54. The van der Waals surface area contributed by atoms with Gasteiger partial charge < -0.3 is 5.32 Å². The highest BCUT2D eigenvalue weighted by Gasteiger charge is 2.41. The maximum absolute atomic E-state index is 3.72. The lowest BCUT2D eigenvalue weighted by Gasteiger charge is -2.51. The van der Waals surface area contributed by atoms with Crippen LogP contribution in [0.25, 0.3) is 0 Å². The molecule has 1 unspecified atom stereocenters. The van der Waals surface area contributed by atoms with Gasteiger partial charge in [-0.2, -0.15) is 11.3 Å². The Bertz CT molecular complexity index is 577. The van der Waals surface area contributed by atoms with Gasteiger partial charge in [-0.05, 0) is 48.7 Å². The molecule has 0 spiro atoms. The maximum Gasteiger partial charge on any atom is 0.0561 e. The Balaban J connectivity index is 1.93. The topological polar surface area (TPSA) is 15.3 Å². The Morgan fingerprint density at radius 3 is 2.57 bits per heavy atom. The molecular formula is C18H24N2S. The van der Waals surface area contributed by atoms with Crippen LogP contribution in [0.15, 0.2) is 47.2 Å². The van der Waals surface area contributed by atoms with E-state index >= 15 is 0 Å². The summed E-state index contributed by atoms with van der Waals surface area (Å²) in [6, 6.07) is 13.1. The second-order valence-electron chi connectivity index (χ2n) is 6.86. The second-order valence-corrected chi connectivity index (χ2v) is 7.65. The van der Waals surface area contributed by atoms with Gasteiger partial charge in [0.2, 0.25) is 0 Å². The van der Waals surface area contributed by atoms with Gasteiger partial charge in [-0.25, -0.2) is 0 Å². The fourth-order valence-corrected chi connectivity index (χ4v) is 3.81. The number of benzene rings is 1. The predicted molar refractivity (Wildman–Crippen MR) is 90.6 cm³/mol. The van der Waals surface area contributed by atoms with Gasteiger partial charge in [0.05, 0.1) is 5.54 Å². The SMILES string of the molecule is CC1(C)CN(Cc2ccsc2)C(C)(c2ccccc2)CN1. The Morgan fingerprint density at radius 1 is 1.14 bits per heavy atom. The van der Waals surface area contributed by atoms with Crippen molar-refractivity contribution in [2.24, 2.45) is 0 Å². The predicted octanol–water partition coefficient (Wildman–Crippen LogP) is 3.85. The Hall–Kier alpha value is -1.16. The second kappa shape index (κ2) is 5.56. The first-order valence-electron chi connectivity index (χ1n) is 7.56. The molecule has 1 fully saturated rings. The summed E-state index contributed by atoms with van der Waals surface area (Å²) in [5, 5.41) is 8.15. The molecule has 1 aliphatic heterocycles. The molecule has 0 amide bonds. The minimum atomic E-state index is 0.0404. The van der Waals surface area contributed by atoms with E-state index in [4.69, 9.17) is 0 Å². The number of thiophene rings is 1. The molecule has 1 aromatic heterocycles. The first-order valence-corrected chi connectivity index (χ1v) is 8.51. The summed E-state index contributed by atoms with van der Waals surface area (Å²) in [6.45, 7) is 9.98. The Labute approximate surface area is 131 Å². The summed E-state index contributed by atoms with van der Waals surface area (Å²) in [7, 11) is 0. The molecule has 112 valence electrons. The molecule has 2 heterocycles. The van der Waals surface area contributed by atoms with Gasteiger partial charge in [0.15, 0.2) is 0 Å². The van der Waals surface area contributed by atoms with E-state index in [1.165, 1.54) is 11.1 Å². The normalized spacial score (nSPS) is 25.9. The van der Waals surface area contributed by atoms with Crippen LogP contribution < -0.4 is 5.32 Å². The van der Waals surface area contributed by atoms with Gasteiger partial charge in [0.25, 0.3) is 0 Å². The minimum Gasteiger partial charge on any atom is -0.308 e. The van der Waals surface area contributed by atoms with Crippen LogP contribution in [0, 0.1) is 0 Å². The average molecular weight is 300 g/mol. The molecule has 1 aliphatic rings.